The van der Waals surface area contributed by atoms with Crippen molar-refractivity contribution in [2.45, 2.75) is 37.8 Å². The maximum atomic E-state index is 14.7. The maximum absolute atomic E-state index is 14.7. The van der Waals surface area contributed by atoms with Crippen LogP contribution >= 0.6 is 23.2 Å². The highest BCUT2D eigenvalue weighted by atomic mass is 35.5. The average molecular weight is 601 g/mol. The molecule has 1 saturated heterocycles. The summed E-state index contributed by atoms with van der Waals surface area (Å²) >= 11 is 12.6. The summed E-state index contributed by atoms with van der Waals surface area (Å²) in [5.74, 6) is -0.332. The molecule has 0 spiro atoms. The molecular formula is C28H27Cl2FN6O4. The summed E-state index contributed by atoms with van der Waals surface area (Å²) in [7, 11) is 1.25. The number of benzene rings is 2. The van der Waals surface area contributed by atoms with Gasteiger partial charge in [-0.15, -0.1) is 0 Å². The zero-order valence-corrected chi connectivity index (χ0v) is 23.5. The van der Waals surface area contributed by atoms with Crippen LogP contribution in [0.1, 0.15) is 49.2 Å². The molecule has 4 amide bonds. The van der Waals surface area contributed by atoms with Gasteiger partial charge in [-0.1, -0.05) is 47.5 Å². The number of imidazole rings is 1. The van der Waals surface area contributed by atoms with Gasteiger partial charge in [-0.05, 0) is 43.5 Å². The van der Waals surface area contributed by atoms with Gasteiger partial charge in [-0.3, -0.25) is 10.1 Å². The standard InChI is InChI=1S/C28H27Cl2FN6O4/c1-41-28(40)32-15-10-11-17-20(14-15)33-22(38)9-4-2-3-8-21(26-35-24(17)25(30)36-26)37-13-12-19(34-27(37)39)16-6-5-7-18(29)23(16)31/h2-3,5-7,10-11,14,19,21H,4,8-9,12-13H2,1H3,(H,32,40)(H,33,38)(H,34,39)(H,35,36)/b3-2+/t19-,21-/m0/s1. The van der Waals surface area contributed by atoms with Crippen LogP contribution in [0.25, 0.3) is 11.3 Å². The number of carbonyl (C=O) groups is 3. The van der Waals surface area contributed by atoms with Gasteiger partial charge in [0.15, 0.2) is 0 Å². The quantitative estimate of drug-likeness (QED) is 0.252. The average Bonchev–Trinajstić information content (AvgIpc) is 3.33. The van der Waals surface area contributed by atoms with Crippen molar-refractivity contribution in [3.05, 3.63) is 75.9 Å². The predicted molar refractivity (Wildman–Crippen MR) is 153 cm³/mol. The number of aromatic nitrogens is 2. The van der Waals surface area contributed by atoms with Crippen LogP contribution in [0.5, 0.6) is 0 Å². The molecule has 13 heteroatoms. The van der Waals surface area contributed by atoms with Crippen LogP contribution in [0.2, 0.25) is 10.2 Å². The lowest BCUT2D eigenvalue weighted by molar-refractivity contribution is -0.116. The van der Waals surface area contributed by atoms with Gasteiger partial charge in [-0.25, -0.2) is 19.0 Å². The number of carbonyl (C=O) groups excluding carboxylic acids is 3. The fourth-order valence-corrected chi connectivity index (χ4v) is 5.38. The van der Waals surface area contributed by atoms with E-state index in [9.17, 15) is 18.8 Å². The van der Waals surface area contributed by atoms with Gasteiger partial charge in [0.05, 0.1) is 29.9 Å². The number of hydrogen-bond donors (Lipinski definition) is 4. The molecule has 2 atom stereocenters. The van der Waals surface area contributed by atoms with Gasteiger partial charge < -0.3 is 25.3 Å². The molecule has 1 aromatic heterocycles. The number of rotatable bonds is 3. The number of ether oxygens (including phenoxy) is 1. The Morgan fingerprint density at radius 3 is 2.80 bits per heavy atom. The number of nitrogens with zero attached hydrogens (tertiary/aromatic N) is 2. The van der Waals surface area contributed by atoms with Crippen molar-refractivity contribution in [1.82, 2.24) is 20.2 Å². The van der Waals surface area contributed by atoms with Gasteiger partial charge in [-0.2, -0.15) is 0 Å². The van der Waals surface area contributed by atoms with Gasteiger partial charge in [0, 0.05) is 29.8 Å². The summed E-state index contributed by atoms with van der Waals surface area (Å²) in [6.45, 7) is 0.327. The lowest BCUT2D eigenvalue weighted by Gasteiger charge is -2.37. The van der Waals surface area contributed by atoms with Gasteiger partial charge in [0.1, 0.15) is 22.5 Å². The number of nitrogens with one attached hydrogen (secondary N) is 4. The van der Waals surface area contributed by atoms with E-state index in [2.05, 4.69) is 25.7 Å². The first-order chi connectivity index (χ1) is 19.7. The molecule has 0 unspecified atom stereocenters. The highest BCUT2D eigenvalue weighted by molar-refractivity contribution is 6.32. The SMILES string of the molecule is COC(=O)Nc1ccc2c(c1)NC(=O)CC/C=C/C[C@H](N1CC[C@@H](c3cccc(Cl)c3F)NC1=O)c1nc-2c(Cl)[nH]1. The number of hydrogen-bond acceptors (Lipinski definition) is 5. The third-order valence-corrected chi connectivity index (χ3v) is 7.55. The number of amides is 4. The normalized spacial score (nSPS) is 20.0. The molecule has 2 aromatic carbocycles. The second-order valence-corrected chi connectivity index (χ2v) is 10.4. The molecule has 5 rings (SSSR count). The summed E-state index contributed by atoms with van der Waals surface area (Å²) in [5, 5.41) is 8.56. The molecule has 2 bridgehead atoms. The Balaban J connectivity index is 1.47. The molecule has 2 aliphatic rings. The summed E-state index contributed by atoms with van der Waals surface area (Å²) in [4.78, 5) is 47.3. The first-order valence-electron chi connectivity index (χ1n) is 13.0. The van der Waals surface area contributed by atoms with E-state index in [1.807, 2.05) is 12.2 Å². The van der Waals surface area contributed by atoms with E-state index in [0.29, 0.717) is 59.8 Å². The van der Waals surface area contributed by atoms with E-state index in [4.69, 9.17) is 28.2 Å². The zero-order valence-electron chi connectivity index (χ0n) is 22.0. The molecule has 4 N–H and O–H groups in total. The van der Waals surface area contributed by atoms with Crippen LogP contribution in [0, 0.1) is 5.82 Å². The third-order valence-electron chi connectivity index (χ3n) is 6.99. The number of halogens is 3. The first-order valence-corrected chi connectivity index (χ1v) is 13.7. The Kier molecular flexibility index (Phi) is 8.46. The molecule has 0 saturated carbocycles. The van der Waals surface area contributed by atoms with Crippen molar-refractivity contribution in [2.75, 3.05) is 24.3 Å². The van der Waals surface area contributed by atoms with Crippen LogP contribution < -0.4 is 16.0 Å². The molecule has 3 heterocycles. The van der Waals surface area contributed by atoms with Gasteiger partial charge in [0.2, 0.25) is 5.91 Å². The Bertz CT molecular complexity index is 1530. The van der Waals surface area contributed by atoms with E-state index in [0.717, 1.165) is 0 Å². The zero-order chi connectivity index (χ0) is 29.1. The maximum Gasteiger partial charge on any atom is 0.411 e. The fraction of sp³-hybridized carbons (Fsp3) is 0.286. The van der Waals surface area contributed by atoms with Crippen molar-refractivity contribution < 1.29 is 23.5 Å². The molecule has 0 aliphatic carbocycles. The van der Waals surface area contributed by atoms with E-state index < -0.39 is 24.0 Å². The predicted octanol–water partition coefficient (Wildman–Crippen LogP) is 6.58. The number of allylic oxidation sites excluding steroid dienone is 1. The molecule has 214 valence electrons. The van der Waals surface area contributed by atoms with E-state index in [-0.39, 0.29) is 28.5 Å². The summed E-state index contributed by atoms with van der Waals surface area (Å²) in [5.41, 5.74) is 2.02. The molecule has 0 radical (unpaired) electrons. The minimum Gasteiger partial charge on any atom is -0.453 e. The molecular weight excluding hydrogens is 574 g/mol. The third kappa shape index (κ3) is 6.15. The number of methoxy groups -OCH3 is 1. The van der Waals surface area contributed by atoms with E-state index in [1.165, 1.54) is 13.2 Å². The lowest BCUT2D eigenvalue weighted by atomic mass is 10.00. The smallest absolute Gasteiger partial charge is 0.411 e. The van der Waals surface area contributed by atoms with Crippen molar-refractivity contribution in [2.24, 2.45) is 0 Å². The lowest BCUT2D eigenvalue weighted by Crippen LogP contribution is -2.49. The molecule has 1 fully saturated rings. The second kappa shape index (κ2) is 12.2. The molecule has 10 nitrogen and oxygen atoms in total. The van der Waals surface area contributed by atoms with Crippen LogP contribution in [0.15, 0.2) is 48.6 Å². The van der Waals surface area contributed by atoms with Crippen molar-refractivity contribution in [3.8, 4) is 11.3 Å². The Labute approximate surface area is 245 Å². The van der Waals surface area contributed by atoms with Crippen LogP contribution in [-0.2, 0) is 9.53 Å². The largest absolute Gasteiger partial charge is 0.453 e. The number of H-pyrrole nitrogens is 1. The van der Waals surface area contributed by atoms with Crippen LogP contribution in [-0.4, -0.2) is 46.6 Å². The van der Waals surface area contributed by atoms with E-state index in [1.54, 1.807) is 35.2 Å². The Morgan fingerprint density at radius 1 is 1.20 bits per heavy atom. The summed E-state index contributed by atoms with van der Waals surface area (Å²) in [6, 6.07) is 8.20. The molecule has 3 aromatic rings. The number of fused-ring (bicyclic) bond motifs is 4. The van der Waals surface area contributed by atoms with E-state index >= 15 is 0 Å². The topological polar surface area (TPSA) is 128 Å². The number of urea groups is 1. The first kappa shape index (κ1) is 28.4. The number of aromatic amines is 1. The number of anilines is 2. The fourth-order valence-electron chi connectivity index (χ4n) is 4.96. The second-order valence-electron chi connectivity index (χ2n) is 9.60. The Hall–Kier alpha value is -4.09. The van der Waals surface area contributed by atoms with Gasteiger partial charge in [0.25, 0.3) is 0 Å². The minimum atomic E-state index is -0.658. The summed E-state index contributed by atoms with van der Waals surface area (Å²) in [6.07, 6.45) is 4.65. The van der Waals surface area contributed by atoms with Gasteiger partial charge >= 0.3 is 12.1 Å². The molecule has 2 aliphatic heterocycles. The highest BCUT2D eigenvalue weighted by Crippen LogP contribution is 2.38. The molecule has 41 heavy (non-hydrogen) atoms. The highest BCUT2D eigenvalue weighted by Gasteiger charge is 2.34. The van der Waals surface area contributed by atoms with Crippen LogP contribution in [0.4, 0.5) is 25.4 Å². The van der Waals surface area contributed by atoms with Crippen molar-refractivity contribution in [3.63, 3.8) is 0 Å². The Morgan fingerprint density at radius 2 is 2.02 bits per heavy atom. The summed E-state index contributed by atoms with van der Waals surface area (Å²) < 4.78 is 19.3. The van der Waals surface area contributed by atoms with Crippen LogP contribution in [0.3, 0.4) is 0 Å². The monoisotopic (exact) mass is 600 g/mol. The van der Waals surface area contributed by atoms with Crippen molar-refractivity contribution in [1.29, 1.82) is 0 Å². The van der Waals surface area contributed by atoms with Crippen molar-refractivity contribution >= 4 is 52.6 Å². The minimum absolute atomic E-state index is 0.00115.